The number of carbonyl (C=O) groups excluding carboxylic acids is 1. The predicted octanol–water partition coefficient (Wildman–Crippen LogP) is 4.54. The molecular weight excluding hydrogens is 440 g/mol. The number of amides is 1. The van der Waals surface area contributed by atoms with Crippen LogP contribution in [0.3, 0.4) is 0 Å². The fourth-order valence-electron chi connectivity index (χ4n) is 3.52. The molecule has 1 atom stereocenters. The molecule has 8 heteroatoms. The number of nitrogens with one attached hydrogen (secondary N) is 1. The van der Waals surface area contributed by atoms with Crippen LogP contribution in [-0.2, 0) is 14.8 Å². The zero-order chi connectivity index (χ0) is 24.4. The number of aryl methyl sites for hydroxylation is 1. The summed E-state index contributed by atoms with van der Waals surface area (Å²) < 4.78 is 38.8. The molecule has 0 fully saturated rings. The Kier molecular flexibility index (Phi) is 10.0. The molecule has 1 unspecified atom stereocenters. The van der Waals surface area contributed by atoms with Crippen LogP contribution in [0.1, 0.15) is 45.1 Å². The minimum Gasteiger partial charge on any atom is -0.493 e. The van der Waals surface area contributed by atoms with Gasteiger partial charge in [0.15, 0.2) is 11.5 Å². The third-order valence-electron chi connectivity index (χ3n) is 5.68. The van der Waals surface area contributed by atoms with Crippen LogP contribution in [-0.4, -0.2) is 41.6 Å². The average molecular weight is 477 g/mol. The summed E-state index contributed by atoms with van der Waals surface area (Å²) in [6, 6.07) is 11.4. The van der Waals surface area contributed by atoms with Crippen molar-refractivity contribution in [2.45, 2.75) is 51.3 Å². The molecule has 0 saturated carbocycles. The quantitative estimate of drug-likeness (QED) is 0.459. The zero-order valence-electron chi connectivity index (χ0n) is 20.3. The topological polar surface area (TPSA) is 84.9 Å². The number of methoxy groups -OCH3 is 2. The summed E-state index contributed by atoms with van der Waals surface area (Å²) in [5.74, 6) is 0.873. The molecule has 1 amide bonds. The van der Waals surface area contributed by atoms with Crippen LogP contribution in [0.5, 0.6) is 11.5 Å². The highest BCUT2D eigenvalue weighted by molar-refractivity contribution is 7.92. The van der Waals surface area contributed by atoms with E-state index in [-0.39, 0.29) is 17.3 Å². The number of unbranched alkanes of at least 4 members (excludes halogenated alkanes) is 1. The number of ether oxygens (including phenoxy) is 2. The highest BCUT2D eigenvalue weighted by Gasteiger charge is 2.28. The molecule has 0 spiro atoms. The lowest BCUT2D eigenvalue weighted by Gasteiger charge is -2.25. The molecule has 2 aromatic carbocycles. The van der Waals surface area contributed by atoms with Gasteiger partial charge in [0.25, 0.3) is 10.0 Å². The lowest BCUT2D eigenvalue weighted by atomic mass is 9.99. The van der Waals surface area contributed by atoms with Crippen LogP contribution in [0.15, 0.2) is 47.4 Å². The smallest absolute Gasteiger partial charge is 0.264 e. The first-order chi connectivity index (χ1) is 15.8. The Morgan fingerprint density at radius 1 is 1.03 bits per heavy atom. The van der Waals surface area contributed by atoms with Crippen LogP contribution >= 0.6 is 0 Å². The molecule has 7 nitrogen and oxygen atoms in total. The van der Waals surface area contributed by atoms with Gasteiger partial charge in [-0.15, -0.1) is 0 Å². The second-order valence-corrected chi connectivity index (χ2v) is 9.95. The fraction of sp³-hybridized carbons (Fsp3) is 0.480. The molecule has 0 radical (unpaired) electrons. The van der Waals surface area contributed by atoms with E-state index in [1.54, 1.807) is 42.5 Å². The van der Waals surface area contributed by atoms with Crippen molar-refractivity contribution in [3.8, 4) is 11.5 Å². The van der Waals surface area contributed by atoms with Crippen molar-refractivity contribution >= 4 is 21.6 Å². The Morgan fingerprint density at radius 2 is 1.70 bits per heavy atom. The summed E-state index contributed by atoms with van der Waals surface area (Å²) in [7, 11) is -1.00. The van der Waals surface area contributed by atoms with Gasteiger partial charge in [0.1, 0.15) is 6.54 Å². The maximum absolute atomic E-state index is 13.5. The van der Waals surface area contributed by atoms with Crippen molar-refractivity contribution in [2.75, 3.05) is 31.6 Å². The normalized spacial score (nSPS) is 12.2. The number of benzene rings is 2. The Balaban J connectivity index is 2.35. The van der Waals surface area contributed by atoms with E-state index in [0.717, 1.165) is 35.6 Å². The summed E-state index contributed by atoms with van der Waals surface area (Å²) in [5, 5.41) is 2.93. The number of hydrogen-bond acceptors (Lipinski definition) is 5. The second-order valence-electron chi connectivity index (χ2n) is 8.08. The molecule has 182 valence electrons. The van der Waals surface area contributed by atoms with E-state index in [2.05, 4.69) is 19.2 Å². The molecule has 0 bridgehead atoms. The molecule has 0 aliphatic carbocycles. The van der Waals surface area contributed by atoms with Crippen LogP contribution in [0, 0.1) is 12.8 Å². The van der Waals surface area contributed by atoms with Gasteiger partial charge in [-0.2, -0.15) is 0 Å². The maximum atomic E-state index is 13.5. The van der Waals surface area contributed by atoms with Crippen LogP contribution in [0.2, 0.25) is 0 Å². The van der Waals surface area contributed by atoms with Gasteiger partial charge < -0.3 is 14.8 Å². The standard InChI is InChI=1S/C25H36N2O5S/c1-6-8-9-20(7-2)17-26-25(28)18-27(21-12-15-23(31-4)24(16-21)32-5)33(29,30)22-13-10-19(3)11-14-22/h10-16,20H,6-9,17-18H2,1-5H3,(H,26,28). The number of anilines is 1. The highest BCUT2D eigenvalue weighted by atomic mass is 32.2. The molecular formula is C25H36N2O5S. The third kappa shape index (κ3) is 7.12. The molecule has 1 N–H and O–H groups in total. The van der Waals surface area contributed by atoms with E-state index in [1.807, 2.05) is 6.92 Å². The summed E-state index contributed by atoms with van der Waals surface area (Å²) in [6.07, 6.45) is 4.20. The minimum absolute atomic E-state index is 0.116. The summed E-state index contributed by atoms with van der Waals surface area (Å²) in [5.41, 5.74) is 1.27. The van der Waals surface area contributed by atoms with Crippen molar-refractivity contribution in [2.24, 2.45) is 5.92 Å². The fourth-order valence-corrected chi connectivity index (χ4v) is 4.93. The monoisotopic (exact) mass is 476 g/mol. The van der Waals surface area contributed by atoms with Crippen LogP contribution in [0.4, 0.5) is 5.69 Å². The Bertz CT molecular complexity index is 1010. The number of sulfonamides is 1. The van der Waals surface area contributed by atoms with Gasteiger partial charge in [-0.1, -0.05) is 50.8 Å². The Hall–Kier alpha value is -2.74. The van der Waals surface area contributed by atoms with Crippen molar-refractivity contribution < 1.29 is 22.7 Å². The van der Waals surface area contributed by atoms with E-state index in [4.69, 9.17) is 9.47 Å². The Morgan fingerprint density at radius 3 is 2.27 bits per heavy atom. The van der Waals surface area contributed by atoms with Crippen molar-refractivity contribution in [3.05, 3.63) is 48.0 Å². The first-order valence-electron chi connectivity index (χ1n) is 11.3. The lowest BCUT2D eigenvalue weighted by molar-refractivity contribution is -0.119. The Labute approximate surface area is 198 Å². The van der Waals surface area contributed by atoms with Crippen molar-refractivity contribution in [1.82, 2.24) is 5.32 Å². The maximum Gasteiger partial charge on any atom is 0.264 e. The lowest BCUT2D eigenvalue weighted by Crippen LogP contribution is -2.42. The third-order valence-corrected chi connectivity index (χ3v) is 7.47. The van der Waals surface area contributed by atoms with Crippen molar-refractivity contribution in [3.63, 3.8) is 0 Å². The van der Waals surface area contributed by atoms with Crippen LogP contribution < -0.4 is 19.1 Å². The molecule has 0 saturated heterocycles. The molecule has 0 aromatic heterocycles. The predicted molar refractivity (Wildman–Crippen MR) is 132 cm³/mol. The van der Waals surface area contributed by atoms with Gasteiger partial charge in [0.05, 0.1) is 24.8 Å². The average Bonchev–Trinajstić information content (AvgIpc) is 2.82. The minimum atomic E-state index is -3.99. The van der Waals surface area contributed by atoms with Gasteiger partial charge in [-0.05, 0) is 43.5 Å². The van der Waals surface area contributed by atoms with Gasteiger partial charge in [-0.25, -0.2) is 8.42 Å². The molecule has 2 aromatic rings. The summed E-state index contributed by atoms with van der Waals surface area (Å²) >= 11 is 0. The van der Waals surface area contributed by atoms with E-state index in [1.165, 1.54) is 14.2 Å². The molecule has 0 aliphatic rings. The van der Waals surface area contributed by atoms with Crippen LogP contribution in [0.25, 0.3) is 0 Å². The molecule has 2 rings (SSSR count). The van der Waals surface area contributed by atoms with Gasteiger partial charge >= 0.3 is 0 Å². The van der Waals surface area contributed by atoms with Gasteiger partial charge in [0, 0.05) is 12.6 Å². The first kappa shape index (κ1) is 26.5. The number of rotatable bonds is 13. The highest BCUT2D eigenvalue weighted by Crippen LogP contribution is 2.33. The van der Waals surface area contributed by atoms with E-state index >= 15 is 0 Å². The summed E-state index contributed by atoms with van der Waals surface area (Å²) in [4.78, 5) is 13.0. The largest absolute Gasteiger partial charge is 0.493 e. The van der Waals surface area contributed by atoms with E-state index < -0.39 is 10.0 Å². The van der Waals surface area contributed by atoms with Gasteiger partial charge in [-0.3, -0.25) is 9.10 Å². The SMILES string of the molecule is CCCCC(CC)CNC(=O)CN(c1ccc(OC)c(OC)c1)S(=O)(=O)c1ccc(C)cc1. The number of carbonyl (C=O) groups is 1. The second kappa shape index (κ2) is 12.5. The summed E-state index contributed by atoms with van der Waals surface area (Å²) in [6.45, 7) is 6.32. The molecule has 0 aliphatic heterocycles. The molecule has 33 heavy (non-hydrogen) atoms. The zero-order valence-corrected chi connectivity index (χ0v) is 21.1. The van der Waals surface area contributed by atoms with Gasteiger partial charge in [0.2, 0.25) is 5.91 Å². The van der Waals surface area contributed by atoms with Crippen molar-refractivity contribution in [1.29, 1.82) is 0 Å². The first-order valence-corrected chi connectivity index (χ1v) is 12.8. The van der Waals surface area contributed by atoms with E-state index in [0.29, 0.717) is 29.6 Å². The van der Waals surface area contributed by atoms with E-state index in [9.17, 15) is 13.2 Å². The number of hydrogen-bond donors (Lipinski definition) is 1. The molecule has 0 heterocycles. The number of nitrogens with zero attached hydrogens (tertiary/aromatic N) is 1.